The molecule has 1 amide bonds. The number of hydrogen-bond acceptors (Lipinski definition) is 3. The van der Waals surface area contributed by atoms with E-state index < -0.39 is 0 Å². The first kappa shape index (κ1) is 13.9. The molecule has 1 atom stereocenters. The standard InChI is InChI=1S/C15H22N2O2/c1-3-19-14-6-4-12(5-7-14)10-15(18)16-13-8-9-17(2)11-13/h4-7,13H,3,8-11H2,1-2H3,(H,16,18). The predicted octanol–water partition coefficient (Wildman–Crippen LogP) is 1.45. The number of benzene rings is 1. The van der Waals surface area contributed by atoms with Crippen molar-refractivity contribution in [2.75, 3.05) is 26.7 Å². The molecule has 1 saturated heterocycles. The van der Waals surface area contributed by atoms with Crippen LogP contribution >= 0.6 is 0 Å². The number of ether oxygens (including phenoxy) is 1. The van der Waals surface area contributed by atoms with Crippen LogP contribution in [0.3, 0.4) is 0 Å². The van der Waals surface area contributed by atoms with Gasteiger partial charge in [0.25, 0.3) is 0 Å². The number of carbonyl (C=O) groups is 1. The maximum absolute atomic E-state index is 11.9. The zero-order valence-corrected chi connectivity index (χ0v) is 11.7. The van der Waals surface area contributed by atoms with Gasteiger partial charge in [0.15, 0.2) is 0 Å². The Morgan fingerprint density at radius 1 is 1.42 bits per heavy atom. The average Bonchev–Trinajstić information content (AvgIpc) is 2.77. The molecule has 0 bridgehead atoms. The van der Waals surface area contributed by atoms with E-state index in [1.807, 2.05) is 31.2 Å². The second-order valence-electron chi connectivity index (χ2n) is 5.07. The molecule has 1 N–H and O–H groups in total. The molecule has 4 heteroatoms. The predicted molar refractivity (Wildman–Crippen MR) is 75.4 cm³/mol. The fourth-order valence-corrected chi connectivity index (χ4v) is 2.39. The van der Waals surface area contributed by atoms with E-state index in [2.05, 4.69) is 17.3 Å². The Labute approximate surface area is 114 Å². The van der Waals surface area contributed by atoms with Crippen molar-refractivity contribution < 1.29 is 9.53 Å². The molecule has 1 aromatic carbocycles. The van der Waals surface area contributed by atoms with E-state index in [-0.39, 0.29) is 5.91 Å². The zero-order valence-electron chi connectivity index (χ0n) is 11.7. The number of nitrogens with zero attached hydrogens (tertiary/aromatic N) is 1. The Kier molecular flexibility index (Phi) is 4.80. The van der Waals surface area contributed by atoms with Gasteiger partial charge in [0.1, 0.15) is 5.75 Å². The number of hydrogen-bond donors (Lipinski definition) is 1. The minimum absolute atomic E-state index is 0.101. The second-order valence-corrected chi connectivity index (χ2v) is 5.07. The third-order valence-corrected chi connectivity index (χ3v) is 3.36. The highest BCUT2D eigenvalue weighted by atomic mass is 16.5. The van der Waals surface area contributed by atoms with Gasteiger partial charge in [-0.1, -0.05) is 12.1 Å². The molecule has 0 aromatic heterocycles. The summed E-state index contributed by atoms with van der Waals surface area (Å²) in [6.45, 7) is 4.64. The lowest BCUT2D eigenvalue weighted by Gasteiger charge is -2.13. The van der Waals surface area contributed by atoms with E-state index in [9.17, 15) is 4.79 Å². The van der Waals surface area contributed by atoms with Gasteiger partial charge in [-0.05, 0) is 44.6 Å². The van der Waals surface area contributed by atoms with Crippen LogP contribution in [0.15, 0.2) is 24.3 Å². The molecule has 4 nitrogen and oxygen atoms in total. The molecule has 1 unspecified atom stereocenters. The largest absolute Gasteiger partial charge is 0.494 e. The van der Waals surface area contributed by atoms with Crippen LogP contribution in [0.25, 0.3) is 0 Å². The third kappa shape index (κ3) is 4.24. The molecular formula is C15H22N2O2. The topological polar surface area (TPSA) is 41.6 Å². The minimum Gasteiger partial charge on any atom is -0.494 e. The summed E-state index contributed by atoms with van der Waals surface area (Å²) in [5, 5.41) is 3.09. The summed E-state index contributed by atoms with van der Waals surface area (Å²) in [5.74, 6) is 0.952. The number of rotatable bonds is 5. The van der Waals surface area contributed by atoms with Crippen LogP contribution in [-0.2, 0) is 11.2 Å². The summed E-state index contributed by atoms with van der Waals surface area (Å²) in [5.41, 5.74) is 1.02. The highest BCUT2D eigenvalue weighted by Crippen LogP contribution is 2.13. The van der Waals surface area contributed by atoms with Gasteiger partial charge in [0.2, 0.25) is 5.91 Å². The molecule has 0 spiro atoms. The van der Waals surface area contributed by atoms with Crippen molar-refractivity contribution in [2.24, 2.45) is 0 Å². The Morgan fingerprint density at radius 2 is 2.16 bits per heavy atom. The van der Waals surface area contributed by atoms with Gasteiger partial charge in [-0.3, -0.25) is 4.79 Å². The second kappa shape index (κ2) is 6.57. The van der Waals surface area contributed by atoms with Gasteiger partial charge >= 0.3 is 0 Å². The van der Waals surface area contributed by atoms with Crippen molar-refractivity contribution >= 4 is 5.91 Å². The molecule has 1 aromatic rings. The number of likely N-dealkylation sites (N-methyl/N-ethyl adjacent to an activating group) is 1. The molecule has 1 fully saturated rings. The maximum atomic E-state index is 11.9. The van der Waals surface area contributed by atoms with Gasteiger partial charge in [-0.2, -0.15) is 0 Å². The summed E-state index contributed by atoms with van der Waals surface area (Å²) in [4.78, 5) is 14.2. The average molecular weight is 262 g/mol. The number of amides is 1. The van der Waals surface area contributed by atoms with Crippen molar-refractivity contribution in [2.45, 2.75) is 25.8 Å². The van der Waals surface area contributed by atoms with Crippen LogP contribution < -0.4 is 10.1 Å². The van der Waals surface area contributed by atoms with Crippen molar-refractivity contribution in [3.05, 3.63) is 29.8 Å². The van der Waals surface area contributed by atoms with Crippen molar-refractivity contribution in [3.63, 3.8) is 0 Å². The van der Waals surface area contributed by atoms with E-state index in [0.29, 0.717) is 19.1 Å². The van der Waals surface area contributed by atoms with Gasteiger partial charge in [0, 0.05) is 12.6 Å². The quantitative estimate of drug-likeness (QED) is 0.873. The summed E-state index contributed by atoms with van der Waals surface area (Å²) in [7, 11) is 2.08. The van der Waals surface area contributed by atoms with E-state index in [1.165, 1.54) is 0 Å². The first-order valence-corrected chi connectivity index (χ1v) is 6.87. The smallest absolute Gasteiger partial charge is 0.224 e. The summed E-state index contributed by atoms with van der Waals surface area (Å²) in [6, 6.07) is 8.03. The molecule has 104 valence electrons. The normalized spacial score (nSPS) is 19.4. The van der Waals surface area contributed by atoms with Crippen molar-refractivity contribution in [1.82, 2.24) is 10.2 Å². The molecule has 1 aliphatic rings. The summed E-state index contributed by atoms with van der Waals surface area (Å²) >= 11 is 0. The van der Waals surface area contributed by atoms with Crippen LogP contribution in [-0.4, -0.2) is 43.6 Å². The first-order valence-electron chi connectivity index (χ1n) is 6.87. The number of likely N-dealkylation sites (tertiary alicyclic amines) is 1. The van der Waals surface area contributed by atoms with E-state index in [4.69, 9.17) is 4.74 Å². The molecule has 0 radical (unpaired) electrons. The van der Waals surface area contributed by atoms with Crippen LogP contribution in [0.2, 0.25) is 0 Å². The summed E-state index contributed by atoms with van der Waals surface area (Å²) < 4.78 is 5.38. The molecule has 1 aliphatic heterocycles. The highest BCUT2D eigenvalue weighted by Gasteiger charge is 2.20. The van der Waals surface area contributed by atoms with Gasteiger partial charge in [-0.25, -0.2) is 0 Å². The fourth-order valence-electron chi connectivity index (χ4n) is 2.39. The van der Waals surface area contributed by atoms with Crippen LogP contribution in [0.4, 0.5) is 0 Å². The lowest BCUT2D eigenvalue weighted by molar-refractivity contribution is -0.121. The highest BCUT2D eigenvalue weighted by molar-refractivity contribution is 5.78. The Bertz CT molecular complexity index is 417. The van der Waals surface area contributed by atoms with Crippen LogP contribution in [0, 0.1) is 0 Å². The van der Waals surface area contributed by atoms with Crippen LogP contribution in [0.1, 0.15) is 18.9 Å². The SMILES string of the molecule is CCOc1ccc(CC(=O)NC2CCN(C)C2)cc1. The van der Waals surface area contributed by atoms with E-state index in [1.54, 1.807) is 0 Å². The van der Waals surface area contributed by atoms with Crippen molar-refractivity contribution in [3.8, 4) is 5.75 Å². The number of carbonyl (C=O) groups excluding carboxylic acids is 1. The van der Waals surface area contributed by atoms with Gasteiger partial charge in [-0.15, -0.1) is 0 Å². The summed E-state index contributed by atoms with van der Waals surface area (Å²) in [6.07, 6.45) is 1.48. The zero-order chi connectivity index (χ0) is 13.7. The Hall–Kier alpha value is -1.55. The van der Waals surface area contributed by atoms with E-state index in [0.717, 1.165) is 30.8 Å². The molecule has 0 saturated carbocycles. The van der Waals surface area contributed by atoms with E-state index >= 15 is 0 Å². The van der Waals surface area contributed by atoms with Crippen molar-refractivity contribution in [1.29, 1.82) is 0 Å². The molecule has 1 heterocycles. The number of nitrogens with one attached hydrogen (secondary N) is 1. The minimum atomic E-state index is 0.101. The molecule has 0 aliphatic carbocycles. The lowest BCUT2D eigenvalue weighted by Crippen LogP contribution is -2.37. The monoisotopic (exact) mass is 262 g/mol. The Morgan fingerprint density at radius 3 is 2.74 bits per heavy atom. The molecule has 2 rings (SSSR count). The lowest BCUT2D eigenvalue weighted by atomic mass is 10.1. The molecular weight excluding hydrogens is 240 g/mol. The third-order valence-electron chi connectivity index (χ3n) is 3.36. The Balaban J connectivity index is 1.81. The van der Waals surface area contributed by atoms with Crippen LogP contribution in [0.5, 0.6) is 5.75 Å². The fraction of sp³-hybridized carbons (Fsp3) is 0.533. The maximum Gasteiger partial charge on any atom is 0.224 e. The molecule has 19 heavy (non-hydrogen) atoms. The van der Waals surface area contributed by atoms with Gasteiger partial charge < -0.3 is 15.0 Å². The first-order chi connectivity index (χ1) is 9.17. The van der Waals surface area contributed by atoms with Gasteiger partial charge in [0.05, 0.1) is 13.0 Å².